The molecule has 88 valence electrons. The van der Waals surface area contributed by atoms with Gasteiger partial charge in [-0.05, 0) is 37.1 Å². The van der Waals surface area contributed by atoms with E-state index in [0.717, 1.165) is 6.42 Å². The molecule has 0 bridgehead atoms. The van der Waals surface area contributed by atoms with Gasteiger partial charge in [-0.1, -0.05) is 6.42 Å². The third-order valence-corrected chi connectivity index (χ3v) is 5.84. The maximum Gasteiger partial charge on any atom is 0.186 e. The second-order valence-electron chi connectivity index (χ2n) is 4.19. The summed E-state index contributed by atoms with van der Waals surface area (Å²) in [5.41, 5.74) is 0. The van der Waals surface area contributed by atoms with Gasteiger partial charge >= 0.3 is 0 Å². The number of hydrogen-bond donors (Lipinski definition) is 2. The third-order valence-electron chi connectivity index (χ3n) is 3.27. The molecule has 2 N–H and O–H groups in total. The van der Waals surface area contributed by atoms with Crippen LogP contribution < -0.4 is 0 Å². The molecular formula is C11H14O4S. The molecule has 0 spiro atoms. The van der Waals surface area contributed by atoms with Crippen LogP contribution in [0.1, 0.15) is 19.3 Å². The molecule has 5 heteroatoms. The zero-order chi connectivity index (χ0) is 11.8. The molecule has 1 aromatic rings. The fourth-order valence-corrected chi connectivity index (χ4v) is 3.95. The largest absolute Gasteiger partial charge is 0.508 e. The highest BCUT2D eigenvalue weighted by atomic mass is 32.2. The van der Waals surface area contributed by atoms with Gasteiger partial charge in [-0.2, -0.15) is 0 Å². The Bertz CT molecular complexity index is 466. The normalized spacial score (nSPS) is 19.1. The second kappa shape index (κ2) is 3.75. The smallest absolute Gasteiger partial charge is 0.186 e. The molecule has 1 aromatic carbocycles. The van der Waals surface area contributed by atoms with E-state index in [0.29, 0.717) is 12.8 Å². The van der Waals surface area contributed by atoms with Crippen molar-refractivity contribution in [3.63, 3.8) is 0 Å². The lowest BCUT2D eigenvalue weighted by Gasteiger charge is -2.39. The zero-order valence-corrected chi connectivity index (χ0v) is 9.57. The monoisotopic (exact) mass is 242 g/mol. The van der Waals surface area contributed by atoms with Crippen LogP contribution >= 0.6 is 0 Å². The fourth-order valence-electron chi connectivity index (χ4n) is 1.96. The maximum atomic E-state index is 12.2. The Kier molecular flexibility index (Phi) is 2.67. The molecule has 1 fully saturated rings. The van der Waals surface area contributed by atoms with Gasteiger partial charge in [0.15, 0.2) is 9.84 Å². The van der Waals surface area contributed by atoms with Crippen molar-refractivity contribution >= 4 is 9.84 Å². The van der Waals surface area contributed by atoms with Crippen LogP contribution in [0.5, 0.6) is 5.75 Å². The van der Waals surface area contributed by atoms with E-state index in [2.05, 4.69) is 0 Å². The Morgan fingerprint density at radius 1 is 1.19 bits per heavy atom. The predicted molar refractivity (Wildman–Crippen MR) is 59.0 cm³/mol. The van der Waals surface area contributed by atoms with E-state index in [9.17, 15) is 13.5 Å². The molecule has 1 aliphatic rings. The minimum Gasteiger partial charge on any atom is -0.508 e. The Labute approximate surface area is 94.5 Å². The van der Waals surface area contributed by atoms with Crippen LogP contribution in [0.2, 0.25) is 0 Å². The van der Waals surface area contributed by atoms with Crippen molar-refractivity contribution in [2.75, 3.05) is 6.61 Å². The summed E-state index contributed by atoms with van der Waals surface area (Å²) in [4.78, 5) is 0.166. The lowest BCUT2D eigenvalue weighted by molar-refractivity contribution is 0.181. The number of phenolic OH excluding ortho intramolecular Hbond substituents is 1. The third kappa shape index (κ3) is 1.51. The Hall–Kier alpha value is -1.07. The first kappa shape index (κ1) is 11.4. The van der Waals surface area contributed by atoms with Gasteiger partial charge in [-0.3, -0.25) is 0 Å². The summed E-state index contributed by atoms with van der Waals surface area (Å²) in [6, 6.07) is 5.44. The molecule has 0 unspecified atom stereocenters. The first-order chi connectivity index (χ1) is 7.52. The fraction of sp³-hybridized carbons (Fsp3) is 0.455. The van der Waals surface area contributed by atoms with Gasteiger partial charge in [0.2, 0.25) is 0 Å². The van der Waals surface area contributed by atoms with Gasteiger partial charge in [0.1, 0.15) is 5.75 Å². The summed E-state index contributed by atoms with van der Waals surface area (Å²) in [5.74, 6) is 0.0330. The van der Waals surface area contributed by atoms with Crippen molar-refractivity contribution in [3.8, 4) is 5.75 Å². The zero-order valence-electron chi connectivity index (χ0n) is 8.76. The molecule has 0 atom stereocenters. The summed E-state index contributed by atoms with van der Waals surface area (Å²) in [6.45, 7) is -0.337. The number of phenols is 1. The molecule has 0 amide bonds. The van der Waals surface area contributed by atoms with E-state index in [-0.39, 0.29) is 17.3 Å². The van der Waals surface area contributed by atoms with Gasteiger partial charge in [0, 0.05) is 0 Å². The first-order valence-electron chi connectivity index (χ1n) is 5.16. The molecular weight excluding hydrogens is 228 g/mol. The van der Waals surface area contributed by atoms with Gasteiger partial charge in [-0.25, -0.2) is 8.42 Å². The van der Waals surface area contributed by atoms with Crippen LogP contribution in [0.4, 0.5) is 0 Å². The highest BCUT2D eigenvalue weighted by molar-refractivity contribution is 7.93. The second-order valence-corrected chi connectivity index (χ2v) is 6.54. The lowest BCUT2D eigenvalue weighted by Crippen LogP contribution is -2.48. The number of rotatable bonds is 3. The summed E-state index contributed by atoms with van der Waals surface area (Å²) >= 11 is 0. The number of benzene rings is 1. The Morgan fingerprint density at radius 3 is 2.12 bits per heavy atom. The van der Waals surface area contributed by atoms with E-state index in [4.69, 9.17) is 5.11 Å². The van der Waals surface area contributed by atoms with Crippen LogP contribution in [0.3, 0.4) is 0 Å². The minimum atomic E-state index is -3.49. The minimum absolute atomic E-state index is 0.0330. The molecule has 2 rings (SSSR count). The number of aromatic hydroxyl groups is 1. The van der Waals surface area contributed by atoms with Gasteiger partial charge in [0.25, 0.3) is 0 Å². The quantitative estimate of drug-likeness (QED) is 0.831. The summed E-state index contributed by atoms with van der Waals surface area (Å²) in [7, 11) is -3.49. The Balaban J connectivity index is 2.42. The first-order valence-corrected chi connectivity index (χ1v) is 6.65. The number of sulfone groups is 1. The van der Waals surface area contributed by atoms with Crippen molar-refractivity contribution in [3.05, 3.63) is 24.3 Å². The highest BCUT2D eigenvalue weighted by Crippen LogP contribution is 2.42. The van der Waals surface area contributed by atoms with E-state index in [1.807, 2.05) is 0 Å². The Morgan fingerprint density at radius 2 is 1.75 bits per heavy atom. The van der Waals surface area contributed by atoms with E-state index >= 15 is 0 Å². The van der Waals surface area contributed by atoms with Gasteiger partial charge < -0.3 is 10.2 Å². The van der Waals surface area contributed by atoms with Gasteiger partial charge in [-0.15, -0.1) is 0 Å². The van der Waals surface area contributed by atoms with E-state index < -0.39 is 14.6 Å². The summed E-state index contributed by atoms with van der Waals surface area (Å²) in [5, 5.41) is 18.4. The van der Waals surface area contributed by atoms with Gasteiger partial charge in [0.05, 0.1) is 16.2 Å². The molecule has 0 radical (unpaired) electrons. The van der Waals surface area contributed by atoms with Crippen LogP contribution in [-0.4, -0.2) is 30.0 Å². The molecule has 16 heavy (non-hydrogen) atoms. The van der Waals surface area contributed by atoms with Crippen LogP contribution in [0.25, 0.3) is 0 Å². The van der Waals surface area contributed by atoms with E-state index in [1.165, 1.54) is 24.3 Å². The van der Waals surface area contributed by atoms with Crippen LogP contribution in [0.15, 0.2) is 29.2 Å². The molecule has 0 aromatic heterocycles. The molecule has 0 saturated heterocycles. The van der Waals surface area contributed by atoms with Crippen LogP contribution in [-0.2, 0) is 9.84 Å². The van der Waals surface area contributed by atoms with Crippen molar-refractivity contribution in [1.82, 2.24) is 0 Å². The maximum absolute atomic E-state index is 12.2. The summed E-state index contributed by atoms with van der Waals surface area (Å²) in [6.07, 6.45) is 1.84. The lowest BCUT2D eigenvalue weighted by atomic mass is 9.85. The molecule has 0 heterocycles. The molecule has 4 nitrogen and oxygen atoms in total. The number of aliphatic hydroxyl groups is 1. The van der Waals surface area contributed by atoms with Crippen LogP contribution in [0, 0.1) is 0 Å². The van der Waals surface area contributed by atoms with Crippen molar-refractivity contribution in [2.45, 2.75) is 28.9 Å². The highest BCUT2D eigenvalue weighted by Gasteiger charge is 2.49. The summed E-state index contributed by atoms with van der Waals surface area (Å²) < 4.78 is 23.5. The standard InChI is InChI=1S/C11H14O4S/c12-8-11(6-1-7-11)16(14,15)10-4-2-9(13)3-5-10/h2-5,12-13H,1,6-8H2. The average Bonchev–Trinajstić information content (AvgIpc) is 2.17. The SMILES string of the molecule is O=S(=O)(c1ccc(O)cc1)C1(CO)CCC1. The average molecular weight is 242 g/mol. The molecule has 1 aliphatic carbocycles. The molecule has 0 aliphatic heterocycles. The number of aliphatic hydroxyl groups excluding tert-OH is 1. The molecule has 1 saturated carbocycles. The number of hydrogen-bond acceptors (Lipinski definition) is 4. The predicted octanol–water partition coefficient (Wildman–Crippen LogP) is 1.08. The van der Waals surface area contributed by atoms with E-state index in [1.54, 1.807) is 0 Å². The van der Waals surface area contributed by atoms with Crippen molar-refractivity contribution in [2.24, 2.45) is 0 Å². The van der Waals surface area contributed by atoms with Crippen molar-refractivity contribution in [1.29, 1.82) is 0 Å². The topological polar surface area (TPSA) is 74.6 Å². The van der Waals surface area contributed by atoms with Crippen molar-refractivity contribution < 1.29 is 18.6 Å².